The van der Waals surface area contributed by atoms with Gasteiger partial charge in [0.1, 0.15) is 0 Å². The molecule has 0 saturated heterocycles. The van der Waals surface area contributed by atoms with Crippen molar-refractivity contribution >= 4 is 12.0 Å². The van der Waals surface area contributed by atoms with Crippen LogP contribution in [0.3, 0.4) is 0 Å². The zero-order chi connectivity index (χ0) is 14.3. The average Bonchev–Trinajstić information content (AvgIpc) is 2.32. The zero-order valence-corrected chi connectivity index (χ0v) is 9.76. The molecule has 1 aromatic carbocycles. The number of aliphatic carboxylic acids is 1. The normalized spacial score (nSPS) is 12.8. The van der Waals surface area contributed by atoms with Crippen molar-refractivity contribution in [3.8, 4) is 0 Å². The predicted molar refractivity (Wildman–Crippen MR) is 66.4 cm³/mol. The van der Waals surface area contributed by atoms with E-state index in [-0.39, 0.29) is 0 Å². The van der Waals surface area contributed by atoms with Crippen LogP contribution in [-0.2, 0) is 11.0 Å². The van der Waals surface area contributed by atoms with Crippen LogP contribution in [0.2, 0.25) is 0 Å². The minimum absolute atomic E-state index is 0.625. The highest BCUT2D eigenvalue weighted by atomic mass is 19.4. The highest BCUT2D eigenvalue weighted by Gasteiger charge is 2.29. The zero-order valence-electron chi connectivity index (χ0n) is 9.76. The van der Waals surface area contributed by atoms with Crippen LogP contribution in [0.1, 0.15) is 11.1 Å². The lowest BCUT2D eigenvalue weighted by atomic mass is 10.1. The van der Waals surface area contributed by atoms with Crippen molar-refractivity contribution < 1.29 is 23.1 Å². The van der Waals surface area contributed by atoms with Gasteiger partial charge in [-0.05, 0) is 17.7 Å². The van der Waals surface area contributed by atoms with E-state index >= 15 is 0 Å². The molecule has 0 radical (unpaired) electrons. The maximum absolute atomic E-state index is 12.3. The molecule has 0 heterocycles. The fourth-order valence-corrected chi connectivity index (χ4v) is 1.22. The third-order valence-corrected chi connectivity index (χ3v) is 2.10. The van der Waals surface area contributed by atoms with Gasteiger partial charge in [0.25, 0.3) is 0 Å². The first kappa shape index (κ1) is 14.8. The first-order valence-electron chi connectivity index (χ1n) is 5.31. The quantitative estimate of drug-likeness (QED) is 0.664. The Morgan fingerprint density at radius 1 is 1.00 bits per heavy atom. The highest BCUT2D eigenvalue weighted by Crippen LogP contribution is 2.29. The number of rotatable bonds is 4. The minimum atomic E-state index is -4.33. The van der Waals surface area contributed by atoms with Gasteiger partial charge in [-0.2, -0.15) is 13.2 Å². The molecule has 0 aliphatic rings. The van der Waals surface area contributed by atoms with Gasteiger partial charge in [0.15, 0.2) is 0 Å². The first-order chi connectivity index (χ1) is 8.89. The Bertz CT molecular complexity index is 508. The van der Waals surface area contributed by atoms with Crippen molar-refractivity contribution in [2.45, 2.75) is 6.18 Å². The van der Waals surface area contributed by atoms with E-state index in [2.05, 4.69) is 0 Å². The number of hydrogen-bond donors (Lipinski definition) is 1. The molecule has 0 aromatic heterocycles. The molecule has 0 amide bonds. The van der Waals surface area contributed by atoms with Gasteiger partial charge in [-0.25, -0.2) is 4.79 Å². The topological polar surface area (TPSA) is 37.3 Å². The summed E-state index contributed by atoms with van der Waals surface area (Å²) in [6, 6.07) is 4.74. The Labute approximate surface area is 108 Å². The molecule has 0 fully saturated rings. The molecule has 1 aromatic rings. The lowest BCUT2D eigenvalue weighted by molar-refractivity contribution is -0.137. The fourth-order valence-electron chi connectivity index (χ4n) is 1.22. The van der Waals surface area contributed by atoms with E-state index in [9.17, 15) is 18.0 Å². The largest absolute Gasteiger partial charge is 0.478 e. The summed E-state index contributed by atoms with van der Waals surface area (Å²) >= 11 is 0. The molecule has 0 aliphatic carbocycles. The molecule has 19 heavy (non-hydrogen) atoms. The fraction of sp³-hybridized carbons (Fsp3) is 0.0714. The van der Waals surface area contributed by atoms with Gasteiger partial charge >= 0.3 is 12.1 Å². The van der Waals surface area contributed by atoms with E-state index in [1.165, 1.54) is 24.3 Å². The number of carboxylic acid groups (broad SMARTS) is 1. The molecule has 0 unspecified atom stereocenters. The van der Waals surface area contributed by atoms with Crippen molar-refractivity contribution in [3.05, 3.63) is 65.8 Å². The lowest BCUT2D eigenvalue weighted by Gasteiger charge is -2.05. The van der Waals surface area contributed by atoms with Gasteiger partial charge < -0.3 is 5.11 Å². The number of benzene rings is 1. The molecular formula is C14H11F3O2. The molecule has 0 spiro atoms. The molecule has 0 aliphatic heterocycles. The molecule has 1 N–H and O–H groups in total. The van der Waals surface area contributed by atoms with Crippen LogP contribution < -0.4 is 0 Å². The van der Waals surface area contributed by atoms with Crippen LogP contribution in [0.25, 0.3) is 6.08 Å². The van der Waals surface area contributed by atoms with Crippen molar-refractivity contribution in [1.82, 2.24) is 0 Å². The van der Waals surface area contributed by atoms with E-state index in [1.807, 2.05) is 0 Å². The van der Waals surface area contributed by atoms with E-state index in [0.717, 1.165) is 18.2 Å². The van der Waals surface area contributed by atoms with Gasteiger partial charge in [0.2, 0.25) is 0 Å². The third-order valence-electron chi connectivity index (χ3n) is 2.10. The second kappa shape index (κ2) is 6.58. The van der Waals surface area contributed by atoms with Crippen LogP contribution >= 0.6 is 0 Å². The van der Waals surface area contributed by atoms with Gasteiger partial charge in [0, 0.05) is 6.08 Å². The monoisotopic (exact) mass is 268 g/mol. The summed E-state index contributed by atoms with van der Waals surface area (Å²) < 4.78 is 36.9. The second-order valence-electron chi connectivity index (χ2n) is 3.56. The number of carbonyl (C=O) groups is 1. The van der Waals surface area contributed by atoms with E-state index in [1.54, 1.807) is 18.2 Å². The molecule has 1 rings (SSSR count). The lowest BCUT2D eigenvalue weighted by Crippen LogP contribution is -2.03. The van der Waals surface area contributed by atoms with Crippen LogP contribution in [-0.4, -0.2) is 11.1 Å². The van der Waals surface area contributed by atoms with Crippen LogP contribution in [0.5, 0.6) is 0 Å². The molecule has 5 heteroatoms. The number of alkyl halides is 3. The second-order valence-corrected chi connectivity index (χ2v) is 3.56. The molecule has 0 atom stereocenters. The van der Waals surface area contributed by atoms with Crippen LogP contribution in [0.4, 0.5) is 13.2 Å². The van der Waals surface area contributed by atoms with Crippen molar-refractivity contribution in [3.63, 3.8) is 0 Å². The standard InChI is InChI=1S/C14H11F3O2/c15-14(16,17)12-9-7-11(8-10-12)5-3-1-2-4-6-13(18)19/h1-10H,(H,18,19). The SMILES string of the molecule is O=C(O)C=CC=CC=Cc1ccc(C(F)(F)F)cc1. The van der Waals surface area contributed by atoms with E-state index < -0.39 is 17.7 Å². The molecule has 100 valence electrons. The average molecular weight is 268 g/mol. The van der Waals surface area contributed by atoms with E-state index in [0.29, 0.717) is 5.56 Å². The molecule has 2 nitrogen and oxygen atoms in total. The molecular weight excluding hydrogens is 257 g/mol. The summed E-state index contributed by atoms with van der Waals surface area (Å²) in [7, 11) is 0. The number of allylic oxidation sites excluding steroid dienone is 4. The summed E-state index contributed by atoms with van der Waals surface area (Å²) in [6.07, 6.45) is 4.30. The highest BCUT2D eigenvalue weighted by molar-refractivity contribution is 5.80. The Morgan fingerprint density at radius 2 is 1.58 bits per heavy atom. The van der Waals surface area contributed by atoms with Crippen molar-refractivity contribution in [1.29, 1.82) is 0 Å². The number of halogens is 3. The summed E-state index contributed by atoms with van der Waals surface area (Å²) in [5, 5.41) is 8.31. The predicted octanol–water partition coefficient (Wildman–Crippen LogP) is 3.92. The molecule has 0 saturated carbocycles. The summed E-state index contributed by atoms with van der Waals surface area (Å²) in [6.45, 7) is 0. The van der Waals surface area contributed by atoms with Crippen molar-refractivity contribution in [2.24, 2.45) is 0 Å². The van der Waals surface area contributed by atoms with Crippen molar-refractivity contribution in [2.75, 3.05) is 0 Å². The maximum atomic E-state index is 12.3. The Balaban J connectivity index is 2.61. The van der Waals surface area contributed by atoms with Crippen LogP contribution in [0, 0.1) is 0 Å². The Morgan fingerprint density at radius 3 is 2.11 bits per heavy atom. The summed E-state index contributed by atoms with van der Waals surface area (Å²) in [5.74, 6) is -1.05. The number of hydrogen-bond acceptors (Lipinski definition) is 1. The van der Waals surface area contributed by atoms with Crippen LogP contribution in [0.15, 0.2) is 54.6 Å². The van der Waals surface area contributed by atoms with Gasteiger partial charge in [-0.3, -0.25) is 0 Å². The number of carboxylic acids is 1. The first-order valence-corrected chi connectivity index (χ1v) is 5.31. The van der Waals surface area contributed by atoms with E-state index in [4.69, 9.17) is 5.11 Å². The Hall–Kier alpha value is -2.30. The maximum Gasteiger partial charge on any atom is 0.416 e. The van der Waals surface area contributed by atoms with Gasteiger partial charge in [-0.15, -0.1) is 0 Å². The summed E-state index contributed by atoms with van der Waals surface area (Å²) in [4.78, 5) is 10.1. The van der Waals surface area contributed by atoms with Gasteiger partial charge in [-0.1, -0.05) is 42.5 Å². The van der Waals surface area contributed by atoms with Gasteiger partial charge in [0.05, 0.1) is 5.56 Å². The Kier molecular flexibility index (Phi) is 5.11. The third kappa shape index (κ3) is 5.72. The minimum Gasteiger partial charge on any atom is -0.478 e. The molecule has 0 bridgehead atoms. The smallest absolute Gasteiger partial charge is 0.416 e. The summed E-state index contributed by atoms with van der Waals surface area (Å²) in [5.41, 5.74) is -0.0653.